The second-order valence-corrected chi connectivity index (χ2v) is 4.15. The number of carbonyl (C=O) groups excluding carboxylic acids is 1. The maximum absolute atomic E-state index is 11.4. The van der Waals surface area contributed by atoms with E-state index >= 15 is 0 Å². The van der Waals surface area contributed by atoms with Crippen LogP contribution in [0.1, 0.15) is 25.5 Å². The van der Waals surface area contributed by atoms with Crippen LogP contribution >= 0.6 is 0 Å². The van der Waals surface area contributed by atoms with Crippen LogP contribution in [-0.4, -0.2) is 33.9 Å². The Kier molecular flexibility index (Phi) is 5.63. The van der Waals surface area contributed by atoms with E-state index in [2.05, 4.69) is 20.6 Å². The highest BCUT2D eigenvalue weighted by Gasteiger charge is 2.21. The minimum Gasteiger partial charge on any atom is -0.368 e. The van der Waals surface area contributed by atoms with Gasteiger partial charge in [0.15, 0.2) is 0 Å². The molecular formula is C11H18N6O3. The Morgan fingerprint density at radius 3 is 2.70 bits per heavy atom. The summed E-state index contributed by atoms with van der Waals surface area (Å²) in [6.45, 7) is 4.27. The van der Waals surface area contributed by atoms with Gasteiger partial charge in [0.25, 0.3) is 0 Å². The van der Waals surface area contributed by atoms with Crippen molar-refractivity contribution in [2.75, 3.05) is 24.1 Å². The summed E-state index contributed by atoms with van der Waals surface area (Å²) in [5, 5.41) is 16.4. The molecular weight excluding hydrogens is 264 g/mol. The third-order valence-corrected chi connectivity index (χ3v) is 2.47. The van der Waals surface area contributed by atoms with Gasteiger partial charge in [-0.3, -0.25) is 14.9 Å². The molecule has 1 aromatic heterocycles. The zero-order valence-corrected chi connectivity index (χ0v) is 11.5. The lowest BCUT2D eigenvalue weighted by Crippen LogP contribution is -2.26. The van der Waals surface area contributed by atoms with E-state index < -0.39 is 4.92 Å². The molecule has 110 valence electrons. The first-order valence-corrected chi connectivity index (χ1v) is 6.24. The Labute approximate surface area is 116 Å². The van der Waals surface area contributed by atoms with Crippen molar-refractivity contribution in [3.8, 4) is 0 Å². The van der Waals surface area contributed by atoms with E-state index in [1.54, 1.807) is 0 Å². The summed E-state index contributed by atoms with van der Waals surface area (Å²) in [4.78, 5) is 29.3. The second-order valence-electron chi connectivity index (χ2n) is 4.15. The Bertz CT molecular complexity index is 505. The monoisotopic (exact) mass is 282 g/mol. The third kappa shape index (κ3) is 4.34. The lowest BCUT2D eigenvalue weighted by atomic mass is 10.3. The normalized spacial score (nSPS) is 10.1. The van der Waals surface area contributed by atoms with Gasteiger partial charge in [-0.2, -0.15) is 4.98 Å². The second kappa shape index (κ2) is 7.22. The number of nitrogens with one attached hydrogen (secondary N) is 2. The molecule has 0 aromatic carbocycles. The molecule has 4 N–H and O–H groups in total. The largest absolute Gasteiger partial charge is 0.368 e. The molecule has 0 unspecified atom stereocenters. The zero-order chi connectivity index (χ0) is 15.1. The quantitative estimate of drug-likeness (QED) is 0.492. The van der Waals surface area contributed by atoms with Crippen LogP contribution in [0.2, 0.25) is 0 Å². The number of carbonyl (C=O) groups is 1. The fraction of sp³-hybridized carbons (Fsp3) is 0.545. The number of hydrogen-bond acceptors (Lipinski definition) is 7. The minimum atomic E-state index is -0.575. The van der Waals surface area contributed by atoms with Gasteiger partial charge in [-0.15, -0.1) is 0 Å². The summed E-state index contributed by atoms with van der Waals surface area (Å²) in [6.07, 6.45) is 1.05. The fourth-order valence-corrected chi connectivity index (χ4v) is 1.58. The van der Waals surface area contributed by atoms with Crippen LogP contribution in [0.25, 0.3) is 0 Å². The summed E-state index contributed by atoms with van der Waals surface area (Å²) in [7, 11) is 0. The standard InChI is InChI=1S/C11H18N6O3/c1-3-5-13-8(18)4-6-14-10-9(17(19)20)7(2)15-11(12)16-10/h3-6H2,1-2H3,(H,13,18)(H3,12,14,15,16). The lowest BCUT2D eigenvalue weighted by Gasteiger charge is -2.08. The van der Waals surface area contributed by atoms with Crippen LogP contribution in [0, 0.1) is 17.0 Å². The predicted molar refractivity (Wildman–Crippen MR) is 74.2 cm³/mol. The number of nitrogens with two attached hydrogens (primary N) is 1. The van der Waals surface area contributed by atoms with Gasteiger partial charge >= 0.3 is 5.69 Å². The number of aromatic nitrogens is 2. The number of amides is 1. The van der Waals surface area contributed by atoms with Gasteiger partial charge in [-0.1, -0.05) is 6.92 Å². The molecule has 0 fully saturated rings. The van der Waals surface area contributed by atoms with Crippen molar-refractivity contribution in [3.63, 3.8) is 0 Å². The molecule has 1 heterocycles. The van der Waals surface area contributed by atoms with E-state index in [0.29, 0.717) is 6.54 Å². The number of aryl methyl sites for hydroxylation is 1. The molecule has 0 radical (unpaired) electrons. The number of nitrogens with zero attached hydrogens (tertiary/aromatic N) is 3. The minimum absolute atomic E-state index is 0.0308. The fourth-order valence-electron chi connectivity index (χ4n) is 1.58. The molecule has 1 rings (SSSR count). The molecule has 0 atom stereocenters. The molecule has 0 aliphatic carbocycles. The molecule has 20 heavy (non-hydrogen) atoms. The topological polar surface area (TPSA) is 136 Å². The number of nitro groups is 1. The Hall–Kier alpha value is -2.45. The van der Waals surface area contributed by atoms with E-state index in [-0.39, 0.29) is 42.0 Å². The Morgan fingerprint density at radius 2 is 2.10 bits per heavy atom. The lowest BCUT2D eigenvalue weighted by molar-refractivity contribution is -0.385. The van der Waals surface area contributed by atoms with Crippen molar-refractivity contribution in [1.82, 2.24) is 15.3 Å². The van der Waals surface area contributed by atoms with Crippen molar-refractivity contribution in [3.05, 3.63) is 15.8 Å². The summed E-state index contributed by atoms with van der Waals surface area (Å²) >= 11 is 0. The maximum atomic E-state index is 11.4. The molecule has 0 aliphatic rings. The van der Waals surface area contributed by atoms with E-state index in [9.17, 15) is 14.9 Å². The smallest absolute Gasteiger partial charge is 0.332 e. The summed E-state index contributed by atoms with van der Waals surface area (Å²) < 4.78 is 0. The predicted octanol–water partition coefficient (Wildman–Crippen LogP) is 0.604. The van der Waals surface area contributed by atoms with Crippen molar-refractivity contribution in [1.29, 1.82) is 0 Å². The first-order valence-electron chi connectivity index (χ1n) is 6.24. The van der Waals surface area contributed by atoms with Crippen molar-refractivity contribution in [2.24, 2.45) is 0 Å². The van der Waals surface area contributed by atoms with Gasteiger partial charge < -0.3 is 16.4 Å². The zero-order valence-electron chi connectivity index (χ0n) is 11.5. The molecule has 0 bridgehead atoms. The van der Waals surface area contributed by atoms with Crippen LogP contribution in [0.5, 0.6) is 0 Å². The molecule has 9 nitrogen and oxygen atoms in total. The number of nitrogen functional groups attached to an aromatic ring is 1. The van der Waals surface area contributed by atoms with Gasteiger partial charge in [0.05, 0.1) is 4.92 Å². The van der Waals surface area contributed by atoms with Crippen molar-refractivity contribution < 1.29 is 9.72 Å². The maximum Gasteiger partial charge on any atom is 0.332 e. The summed E-state index contributed by atoms with van der Waals surface area (Å²) in [5.41, 5.74) is 5.41. The van der Waals surface area contributed by atoms with Crippen molar-refractivity contribution >= 4 is 23.4 Å². The molecule has 1 aromatic rings. The van der Waals surface area contributed by atoms with Crippen LogP contribution in [-0.2, 0) is 4.79 Å². The highest BCUT2D eigenvalue weighted by Crippen LogP contribution is 2.25. The van der Waals surface area contributed by atoms with Crippen LogP contribution in [0.15, 0.2) is 0 Å². The van der Waals surface area contributed by atoms with Crippen LogP contribution < -0.4 is 16.4 Å². The van der Waals surface area contributed by atoms with Gasteiger partial charge in [-0.25, -0.2) is 4.98 Å². The Balaban J connectivity index is 2.68. The van der Waals surface area contributed by atoms with Gasteiger partial charge in [0.2, 0.25) is 17.7 Å². The van der Waals surface area contributed by atoms with E-state index in [1.165, 1.54) is 6.92 Å². The van der Waals surface area contributed by atoms with Crippen LogP contribution in [0.3, 0.4) is 0 Å². The SMILES string of the molecule is CCCNC(=O)CCNc1nc(N)nc(C)c1[N+](=O)[O-]. The van der Waals surface area contributed by atoms with Gasteiger partial charge in [0, 0.05) is 19.5 Å². The molecule has 9 heteroatoms. The Morgan fingerprint density at radius 1 is 1.40 bits per heavy atom. The average Bonchev–Trinajstić information content (AvgIpc) is 2.34. The molecule has 1 amide bonds. The summed E-state index contributed by atoms with van der Waals surface area (Å²) in [6, 6.07) is 0. The van der Waals surface area contributed by atoms with Crippen LogP contribution in [0.4, 0.5) is 17.5 Å². The highest BCUT2D eigenvalue weighted by molar-refractivity contribution is 5.76. The molecule has 0 saturated carbocycles. The average molecular weight is 282 g/mol. The highest BCUT2D eigenvalue weighted by atomic mass is 16.6. The summed E-state index contributed by atoms with van der Waals surface area (Å²) in [5.74, 6) is -0.143. The van der Waals surface area contributed by atoms with Crippen molar-refractivity contribution in [2.45, 2.75) is 26.7 Å². The van der Waals surface area contributed by atoms with Gasteiger partial charge in [-0.05, 0) is 13.3 Å². The van der Waals surface area contributed by atoms with E-state index in [0.717, 1.165) is 6.42 Å². The first kappa shape index (κ1) is 15.6. The molecule has 0 spiro atoms. The van der Waals surface area contributed by atoms with E-state index in [4.69, 9.17) is 5.73 Å². The molecule has 0 aliphatic heterocycles. The number of rotatable bonds is 7. The number of hydrogen-bond donors (Lipinski definition) is 3. The first-order chi connectivity index (χ1) is 9.45. The molecule has 0 saturated heterocycles. The number of anilines is 2. The third-order valence-electron chi connectivity index (χ3n) is 2.47. The van der Waals surface area contributed by atoms with Gasteiger partial charge in [0.1, 0.15) is 5.69 Å². The van der Waals surface area contributed by atoms with E-state index in [1.807, 2.05) is 6.92 Å².